The molecule has 112 valence electrons. The molecule has 20 heavy (non-hydrogen) atoms. The first-order chi connectivity index (χ1) is 9.28. The van der Waals surface area contributed by atoms with E-state index in [-0.39, 0.29) is 16.8 Å². The number of ether oxygens (including phenoxy) is 1. The van der Waals surface area contributed by atoms with Gasteiger partial charge in [0.1, 0.15) is 5.82 Å². The van der Waals surface area contributed by atoms with Crippen LogP contribution in [0.25, 0.3) is 0 Å². The molecule has 0 bridgehead atoms. The molecule has 1 atom stereocenters. The van der Waals surface area contributed by atoms with Crippen molar-refractivity contribution in [2.45, 2.75) is 39.2 Å². The van der Waals surface area contributed by atoms with Crippen molar-refractivity contribution in [2.75, 3.05) is 19.8 Å². The van der Waals surface area contributed by atoms with E-state index in [9.17, 15) is 4.39 Å². The Morgan fingerprint density at radius 1 is 1.35 bits per heavy atom. The summed E-state index contributed by atoms with van der Waals surface area (Å²) in [4.78, 5) is 0. The van der Waals surface area contributed by atoms with Crippen LogP contribution in [0.1, 0.15) is 32.8 Å². The summed E-state index contributed by atoms with van der Waals surface area (Å²) in [6, 6.07) is 5.12. The van der Waals surface area contributed by atoms with Crippen molar-refractivity contribution >= 4 is 15.9 Å². The van der Waals surface area contributed by atoms with E-state index in [1.165, 1.54) is 6.07 Å². The lowest BCUT2D eigenvalue weighted by Gasteiger charge is -2.32. The highest BCUT2D eigenvalue weighted by Gasteiger charge is 2.36. The van der Waals surface area contributed by atoms with Gasteiger partial charge in [0.15, 0.2) is 0 Å². The third kappa shape index (κ3) is 4.54. The fraction of sp³-hybridized carbons (Fsp3) is 0.625. The SMILES string of the molecule is CC(C)(C)NCC1(Cc2cc(F)cc(Br)c2)CCOC1. The van der Waals surface area contributed by atoms with E-state index in [4.69, 9.17) is 4.74 Å². The minimum absolute atomic E-state index is 0.0700. The molecule has 0 amide bonds. The molecule has 0 aliphatic carbocycles. The lowest BCUT2D eigenvalue weighted by Crippen LogP contribution is -2.45. The Balaban J connectivity index is 2.12. The number of hydrogen-bond acceptors (Lipinski definition) is 2. The Hall–Kier alpha value is -0.450. The van der Waals surface area contributed by atoms with Crippen LogP contribution in [0.15, 0.2) is 22.7 Å². The fourth-order valence-corrected chi connectivity index (χ4v) is 3.10. The molecule has 0 aromatic heterocycles. The van der Waals surface area contributed by atoms with Gasteiger partial charge < -0.3 is 10.1 Å². The molecule has 1 fully saturated rings. The fourth-order valence-electron chi connectivity index (χ4n) is 2.59. The Labute approximate surface area is 129 Å². The van der Waals surface area contributed by atoms with Crippen molar-refractivity contribution in [1.82, 2.24) is 5.32 Å². The third-order valence-electron chi connectivity index (χ3n) is 3.68. The van der Waals surface area contributed by atoms with Crippen LogP contribution < -0.4 is 5.32 Å². The monoisotopic (exact) mass is 343 g/mol. The molecule has 1 N–H and O–H groups in total. The molecule has 2 nitrogen and oxygen atoms in total. The molecule has 2 rings (SSSR count). The number of benzene rings is 1. The van der Waals surface area contributed by atoms with E-state index in [0.29, 0.717) is 0 Å². The smallest absolute Gasteiger partial charge is 0.124 e. The highest BCUT2D eigenvalue weighted by atomic mass is 79.9. The van der Waals surface area contributed by atoms with Crippen molar-refractivity contribution in [2.24, 2.45) is 5.41 Å². The Morgan fingerprint density at radius 2 is 2.10 bits per heavy atom. The zero-order chi connectivity index (χ0) is 14.8. The van der Waals surface area contributed by atoms with Crippen molar-refractivity contribution in [3.63, 3.8) is 0 Å². The summed E-state index contributed by atoms with van der Waals surface area (Å²) >= 11 is 3.36. The van der Waals surface area contributed by atoms with Crippen LogP contribution >= 0.6 is 15.9 Å². The Morgan fingerprint density at radius 3 is 2.65 bits per heavy atom. The van der Waals surface area contributed by atoms with Gasteiger partial charge in [-0.3, -0.25) is 0 Å². The second-order valence-corrected chi connectivity index (χ2v) is 7.78. The first-order valence-corrected chi connectivity index (χ1v) is 7.85. The van der Waals surface area contributed by atoms with Crippen molar-refractivity contribution in [3.05, 3.63) is 34.1 Å². The molecule has 1 aromatic rings. The normalized spacial score (nSPS) is 23.2. The predicted molar refractivity (Wildman–Crippen MR) is 83.4 cm³/mol. The first-order valence-electron chi connectivity index (χ1n) is 7.06. The molecule has 0 saturated carbocycles. The molecule has 1 heterocycles. The van der Waals surface area contributed by atoms with Crippen LogP contribution in [-0.4, -0.2) is 25.3 Å². The number of hydrogen-bond donors (Lipinski definition) is 1. The summed E-state index contributed by atoms with van der Waals surface area (Å²) < 4.78 is 19.9. The molecule has 1 aromatic carbocycles. The van der Waals surface area contributed by atoms with Crippen molar-refractivity contribution < 1.29 is 9.13 Å². The average molecular weight is 344 g/mol. The topological polar surface area (TPSA) is 21.3 Å². The third-order valence-corrected chi connectivity index (χ3v) is 4.14. The number of halogens is 2. The second-order valence-electron chi connectivity index (χ2n) is 6.86. The van der Waals surface area contributed by atoms with Gasteiger partial charge in [-0.1, -0.05) is 15.9 Å². The van der Waals surface area contributed by atoms with Crippen LogP contribution in [0.3, 0.4) is 0 Å². The van der Waals surface area contributed by atoms with Crippen LogP contribution in [0, 0.1) is 11.2 Å². The molecule has 0 radical (unpaired) electrons. The van der Waals surface area contributed by atoms with E-state index in [2.05, 4.69) is 42.0 Å². The quantitative estimate of drug-likeness (QED) is 0.894. The van der Waals surface area contributed by atoms with Gasteiger partial charge in [0, 0.05) is 28.6 Å². The maximum atomic E-state index is 13.5. The Bertz CT molecular complexity index is 444. The highest BCUT2D eigenvalue weighted by molar-refractivity contribution is 9.10. The van der Waals surface area contributed by atoms with Gasteiger partial charge >= 0.3 is 0 Å². The van der Waals surface area contributed by atoms with Crippen LogP contribution in [-0.2, 0) is 11.2 Å². The molecule has 1 aliphatic rings. The maximum absolute atomic E-state index is 13.5. The number of nitrogens with one attached hydrogen (secondary N) is 1. The largest absolute Gasteiger partial charge is 0.381 e. The molecule has 1 saturated heterocycles. The summed E-state index contributed by atoms with van der Waals surface area (Å²) in [5.41, 5.74) is 1.18. The maximum Gasteiger partial charge on any atom is 0.124 e. The highest BCUT2D eigenvalue weighted by Crippen LogP contribution is 2.33. The van der Waals surface area contributed by atoms with E-state index < -0.39 is 0 Å². The molecule has 4 heteroatoms. The van der Waals surface area contributed by atoms with E-state index >= 15 is 0 Å². The van der Waals surface area contributed by atoms with Crippen molar-refractivity contribution in [1.29, 1.82) is 0 Å². The van der Waals surface area contributed by atoms with Crippen LogP contribution in [0.2, 0.25) is 0 Å². The predicted octanol–water partition coefficient (Wildman–Crippen LogP) is 3.93. The summed E-state index contributed by atoms with van der Waals surface area (Å²) in [5, 5.41) is 3.57. The summed E-state index contributed by atoms with van der Waals surface area (Å²) in [6.45, 7) is 8.91. The average Bonchev–Trinajstić information content (AvgIpc) is 2.73. The Kier molecular flexibility index (Phi) is 4.88. The van der Waals surface area contributed by atoms with Gasteiger partial charge in [-0.2, -0.15) is 0 Å². The number of rotatable bonds is 4. The van der Waals surface area contributed by atoms with Gasteiger partial charge in [-0.15, -0.1) is 0 Å². The van der Waals surface area contributed by atoms with E-state index in [1.807, 2.05) is 6.07 Å². The first kappa shape index (κ1) is 15.9. The second kappa shape index (κ2) is 6.12. The lowest BCUT2D eigenvalue weighted by molar-refractivity contribution is 0.144. The molecule has 1 aliphatic heterocycles. The zero-order valence-corrected chi connectivity index (χ0v) is 14.0. The summed E-state index contributed by atoms with van der Waals surface area (Å²) in [6.07, 6.45) is 1.86. The zero-order valence-electron chi connectivity index (χ0n) is 12.4. The molecule has 1 unspecified atom stereocenters. The molecular formula is C16H23BrFNO. The van der Waals surface area contributed by atoms with Crippen LogP contribution in [0.5, 0.6) is 0 Å². The van der Waals surface area contributed by atoms with E-state index in [1.54, 1.807) is 6.07 Å². The van der Waals surface area contributed by atoms with Crippen LogP contribution in [0.4, 0.5) is 4.39 Å². The standard InChI is InChI=1S/C16H23BrFNO/c1-15(2,3)19-10-16(4-5-20-11-16)9-12-6-13(17)8-14(18)7-12/h6-8,19H,4-5,9-11H2,1-3H3. The minimum Gasteiger partial charge on any atom is -0.381 e. The summed E-state index contributed by atoms with van der Waals surface area (Å²) in [7, 11) is 0. The molecule has 0 spiro atoms. The molecular weight excluding hydrogens is 321 g/mol. The van der Waals surface area contributed by atoms with E-state index in [0.717, 1.165) is 42.6 Å². The summed E-state index contributed by atoms with van der Waals surface area (Å²) in [5.74, 6) is -0.188. The minimum atomic E-state index is -0.188. The van der Waals surface area contributed by atoms with Crippen molar-refractivity contribution in [3.8, 4) is 0 Å². The lowest BCUT2D eigenvalue weighted by atomic mass is 9.80. The van der Waals surface area contributed by atoms with Gasteiger partial charge in [0.25, 0.3) is 0 Å². The van der Waals surface area contributed by atoms with Gasteiger partial charge in [0.2, 0.25) is 0 Å². The van der Waals surface area contributed by atoms with Gasteiger partial charge in [-0.05, 0) is 57.4 Å². The van der Waals surface area contributed by atoms with Gasteiger partial charge in [0.05, 0.1) is 6.61 Å². The van der Waals surface area contributed by atoms with Gasteiger partial charge in [-0.25, -0.2) is 4.39 Å².